The monoisotopic (exact) mass is 432 g/mol. The molecule has 0 aliphatic carbocycles. The zero-order chi connectivity index (χ0) is 19.8. The van der Waals surface area contributed by atoms with E-state index in [-0.39, 0.29) is 20.4 Å². The number of aromatic nitrogens is 2. The Hall–Kier alpha value is -1.19. The molecule has 0 spiro atoms. The standard InChI is InChI=1S/C17H22Cl2N4O3S/c1-17(2,3)16-20-14(26-21-16)11-22-7-9-23(10-8-22)27(24,25)13-6-4-5-12(18)15(13)19/h4-6H,7-11H2,1-3H3. The highest BCUT2D eigenvalue weighted by Gasteiger charge is 2.31. The molecule has 0 atom stereocenters. The van der Waals surface area contributed by atoms with E-state index in [1.165, 1.54) is 10.4 Å². The Balaban J connectivity index is 1.65. The van der Waals surface area contributed by atoms with Crippen LogP contribution in [0.3, 0.4) is 0 Å². The van der Waals surface area contributed by atoms with E-state index in [4.69, 9.17) is 27.7 Å². The molecule has 1 aliphatic heterocycles. The molecule has 1 fully saturated rings. The van der Waals surface area contributed by atoms with Crippen molar-refractivity contribution in [3.8, 4) is 0 Å². The van der Waals surface area contributed by atoms with Crippen molar-refractivity contribution in [3.05, 3.63) is 40.0 Å². The number of rotatable bonds is 4. The summed E-state index contributed by atoms with van der Waals surface area (Å²) in [5.41, 5.74) is -0.176. The van der Waals surface area contributed by atoms with Crippen LogP contribution >= 0.6 is 23.2 Å². The molecule has 0 saturated carbocycles. The fourth-order valence-electron chi connectivity index (χ4n) is 2.77. The number of hydrogen-bond acceptors (Lipinski definition) is 6. The van der Waals surface area contributed by atoms with Crippen LogP contribution in [0.25, 0.3) is 0 Å². The first-order chi connectivity index (χ1) is 12.6. The van der Waals surface area contributed by atoms with Gasteiger partial charge in [0.1, 0.15) is 4.90 Å². The Bertz CT molecular complexity index is 917. The molecule has 0 amide bonds. The second-order valence-electron chi connectivity index (χ2n) is 7.49. The number of benzene rings is 1. The predicted octanol–water partition coefficient (Wildman–Crippen LogP) is 3.18. The van der Waals surface area contributed by atoms with Crippen LogP contribution < -0.4 is 0 Å². The maximum Gasteiger partial charge on any atom is 0.244 e. The molecule has 0 bridgehead atoms. The number of piperazine rings is 1. The van der Waals surface area contributed by atoms with Crippen molar-refractivity contribution in [1.82, 2.24) is 19.3 Å². The molecule has 0 unspecified atom stereocenters. The van der Waals surface area contributed by atoms with E-state index < -0.39 is 10.0 Å². The van der Waals surface area contributed by atoms with Gasteiger partial charge in [-0.2, -0.15) is 9.29 Å². The summed E-state index contributed by atoms with van der Waals surface area (Å²) < 4.78 is 32.5. The molecule has 1 aliphatic rings. The minimum absolute atomic E-state index is 0.0387. The van der Waals surface area contributed by atoms with Gasteiger partial charge in [-0.3, -0.25) is 4.90 Å². The largest absolute Gasteiger partial charge is 0.338 e. The van der Waals surface area contributed by atoms with E-state index >= 15 is 0 Å². The summed E-state index contributed by atoms with van der Waals surface area (Å²) in [5, 5.41) is 4.30. The third-order valence-corrected chi connectivity index (χ3v) is 7.23. The molecule has 10 heteroatoms. The molecular weight excluding hydrogens is 411 g/mol. The predicted molar refractivity (Wildman–Crippen MR) is 103 cm³/mol. The van der Waals surface area contributed by atoms with Crippen LogP contribution in [-0.2, 0) is 22.0 Å². The molecule has 2 heterocycles. The van der Waals surface area contributed by atoms with E-state index in [9.17, 15) is 8.42 Å². The third kappa shape index (κ3) is 4.46. The molecule has 1 saturated heterocycles. The fourth-order valence-corrected chi connectivity index (χ4v) is 4.92. The van der Waals surface area contributed by atoms with Gasteiger partial charge in [-0.05, 0) is 12.1 Å². The first-order valence-corrected chi connectivity index (χ1v) is 10.8. The lowest BCUT2D eigenvalue weighted by molar-refractivity contribution is 0.163. The Labute approximate surface area is 169 Å². The van der Waals surface area contributed by atoms with Gasteiger partial charge in [-0.1, -0.05) is 55.2 Å². The highest BCUT2D eigenvalue weighted by Crippen LogP contribution is 2.31. The molecule has 148 valence electrons. The summed E-state index contributed by atoms with van der Waals surface area (Å²) in [7, 11) is -3.69. The molecule has 7 nitrogen and oxygen atoms in total. The molecule has 0 N–H and O–H groups in total. The smallest absolute Gasteiger partial charge is 0.244 e. The topological polar surface area (TPSA) is 79.5 Å². The lowest BCUT2D eigenvalue weighted by atomic mass is 9.96. The summed E-state index contributed by atoms with van der Waals surface area (Å²) in [6.07, 6.45) is 0. The van der Waals surface area contributed by atoms with Crippen LogP contribution in [0.2, 0.25) is 10.0 Å². The molecule has 1 aromatic carbocycles. The zero-order valence-corrected chi connectivity index (χ0v) is 17.8. The highest BCUT2D eigenvalue weighted by molar-refractivity contribution is 7.89. The first kappa shape index (κ1) is 20.5. The second kappa shape index (κ2) is 7.67. The molecule has 2 aromatic rings. The Morgan fingerprint density at radius 3 is 2.41 bits per heavy atom. The number of nitrogens with zero attached hydrogens (tertiary/aromatic N) is 4. The van der Waals surface area contributed by atoms with Crippen LogP contribution in [0, 0.1) is 0 Å². The quantitative estimate of drug-likeness (QED) is 0.737. The van der Waals surface area contributed by atoms with Gasteiger partial charge in [0.15, 0.2) is 5.82 Å². The van der Waals surface area contributed by atoms with Gasteiger partial charge in [-0.15, -0.1) is 0 Å². The highest BCUT2D eigenvalue weighted by atomic mass is 35.5. The maximum absolute atomic E-state index is 12.9. The van der Waals surface area contributed by atoms with Crippen molar-refractivity contribution in [1.29, 1.82) is 0 Å². The zero-order valence-electron chi connectivity index (χ0n) is 15.4. The van der Waals surface area contributed by atoms with Crippen LogP contribution in [0.5, 0.6) is 0 Å². The SMILES string of the molecule is CC(C)(C)c1noc(CN2CCN(S(=O)(=O)c3cccc(Cl)c3Cl)CC2)n1. The summed E-state index contributed by atoms with van der Waals surface area (Å²) in [6.45, 7) is 8.38. The Morgan fingerprint density at radius 2 is 1.81 bits per heavy atom. The van der Waals surface area contributed by atoms with E-state index in [0.29, 0.717) is 44.4 Å². The van der Waals surface area contributed by atoms with Gasteiger partial charge in [0.05, 0.1) is 16.6 Å². The normalized spacial score (nSPS) is 17.4. The van der Waals surface area contributed by atoms with Gasteiger partial charge in [0.25, 0.3) is 0 Å². The second-order valence-corrected chi connectivity index (χ2v) is 10.2. The van der Waals surface area contributed by atoms with Crippen molar-refractivity contribution in [2.75, 3.05) is 26.2 Å². The number of hydrogen-bond donors (Lipinski definition) is 0. The molecular formula is C17H22Cl2N4O3S. The van der Waals surface area contributed by atoms with Crippen LogP contribution in [0.4, 0.5) is 0 Å². The lowest BCUT2D eigenvalue weighted by Gasteiger charge is -2.33. The molecule has 3 rings (SSSR count). The van der Waals surface area contributed by atoms with Crippen LogP contribution in [-0.4, -0.2) is 53.9 Å². The van der Waals surface area contributed by atoms with Gasteiger partial charge < -0.3 is 4.52 Å². The van der Waals surface area contributed by atoms with Crippen LogP contribution in [0.15, 0.2) is 27.6 Å². The summed E-state index contributed by atoms with van der Waals surface area (Å²) in [6, 6.07) is 4.62. The average Bonchev–Trinajstić information content (AvgIpc) is 3.06. The Kier molecular flexibility index (Phi) is 5.84. The van der Waals surface area contributed by atoms with Gasteiger partial charge >= 0.3 is 0 Å². The summed E-state index contributed by atoms with van der Waals surface area (Å²) in [4.78, 5) is 6.56. The van der Waals surface area contributed by atoms with Crippen molar-refractivity contribution in [2.24, 2.45) is 0 Å². The van der Waals surface area contributed by atoms with Crippen molar-refractivity contribution in [3.63, 3.8) is 0 Å². The van der Waals surface area contributed by atoms with Gasteiger partial charge in [0, 0.05) is 31.6 Å². The fraction of sp³-hybridized carbons (Fsp3) is 0.529. The van der Waals surface area contributed by atoms with Gasteiger partial charge in [0.2, 0.25) is 15.9 Å². The van der Waals surface area contributed by atoms with E-state index in [2.05, 4.69) is 15.0 Å². The minimum Gasteiger partial charge on any atom is -0.338 e. The molecule has 1 aromatic heterocycles. The van der Waals surface area contributed by atoms with Gasteiger partial charge in [-0.25, -0.2) is 8.42 Å². The average molecular weight is 433 g/mol. The Morgan fingerprint density at radius 1 is 1.15 bits per heavy atom. The maximum atomic E-state index is 12.9. The van der Waals surface area contributed by atoms with E-state index in [0.717, 1.165) is 0 Å². The van der Waals surface area contributed by atoms with E-state index in [1.807, 2.05) is 20.8 Å². The van der Waals surface area contributed by atoms with E-state index in [1.54, 1.807) is 12.1 Å². The summed E-state index contributed by atoms with van der Waals surface area (Å²) in [5.74, 6) is 1.20. The van der Waals surface area contributed by atoms with Crippen LogP contribution in [0.1, 0.15) is 32.5 Å². The minimum atomic E-state index is -3.69. The summed E-state index contributed by atoms with van der Waals surface area (Å²) >= 11 is 12.1. The molecule has 27 heavy (non-hydrogen) atoms. The number of sulfonamides is 1. The van der Waals surface area contributed by atoms with Crippen molar-refractivity contribution in [2.45, 2.75) is 37.6 Å². The van der Waals surface area contributed by atoms with Crippen molar-refractivity contribution < 1.29 is 12.9 Å². The molecule has 0 radical (unpaired) electrons. The van der Waals surface area contributed by atoms with Crippen molar-refractivity contribution >= 4 is 33.2 Å². The first-order valence-electron chi connectivity index (χ1n) is 8.58. The lowest BCUT2D eigenvalue weighted by Crippen LogP contribution is -2.48. The third-order valence-electron chi connectivity index (χ3n) is 4.36. The number of halogens is 2.